The standard InChI is InChI=1S/C17H23N3O/c1-3-13-12-14-6-5-7-15(20-8-10-21-11-9-20)16(14)19-17(13)18-4-2/h5-7,12H,3-4,8-11H2,1-2H3,(H,18,19). The van der Waals surface area contributed by atoms with E-state index in [1.54, 1.807) is 0 Å². The largest absolute Gasteiger partial charge is 0.378 e. The molecule has 3 rings (SSSR count). The van der Waals surface area contributed by atoms with E-state index in [2.05, 4.69) is 48.3 Å². The average molecular weight is 285 g/mol. The third-order valence-corrected chi connectivity index (χ3v) is 3.98. The van der Waals surface area contributed by atoms with Crippen molar-refractivity contribution in [1.82, 2.24) is 4.98 Å². The van der Waals surface area contributed by atoms with Crippen LogP contribution in [0.25, 0.3) is 10.9 Å². The number of aromatic nitrogens is 1. The highest BCUT2D eigenvalue weighted by Gasteiger charge is 2.15. The van der Waals surface area contributed by atoms with Crippen LogP contribution < -0.4 is 10.2 Å². The minimum atomic E-state index is 0.795. The van der Waals surface area contributed by atoms with E-state index in [1.807, 2.05) is 0 Å². The number of ether oxygens (including phenoxy) is 1. The van der Waals surface area contributed by atoms with Crippen LogP contribution in [0, 0.1) is 0 Å². The highest BCUT2D eigenvalue weighted by atomic mass is 16.5. The van der Waals surface area contributed by atoms with Crippen molar-refractivity contribution in [1.29, 1.82) is 0 Å². The Labute approximate surface area is 126 Å². The summed E-state index contributed by atoms with van der Waals surface area (Å²) in [6, 6.07) is 8.72. The molecule has 112 valence electrons. The first kappa shape index (κ1) is 14.1. The van der Waals surface area contributed by atoms with E-state index in [1.165, 1.54) is 16.6 Å². The van der Waals surface area contributed by atoms with Gasteiger partial charge in [-0.05, 0) is 31.0 Å². The van der Waals surface area contributed by atoms with Gasteiger partial charge in [-0.1, -0.05) is 19.1 Å². The fraction of sp³-hybridized carbons (Fsp3) is 0.471. The lowest BCUT2D eigenvalue weighted by molar-refractivity contribution is 0.123. The van der Waals surface area contributed by atoms with Gasteiger partial charge >= 0.3 is 0 Å². The van der Waals surface area contributed by atoms with Crippen LogP contribution in [0.5, 0.6) is 0 Å². The van der Waals surface area contributed by atoms with E-state index in [9.17, 15) is 0 Å². The van der Waals surface area contributed by atoms with E-state index >= 15 is 0 Å². The summed E-state index contributed by atoms with van der Waals surface area (Å²) in [5, 5.41) is 4.61. The number of morpholine rings is 1. The summed E-state index contributed by atoms with van der Waals surface area (Å²) in [4.78, 5) is 7.29. The molecule has 4 nitrogen and oxygen atoms in total. The lowest BCUT2D eigenvalue weighted by Gasteiger charge is -2.29. The maximum Gasteiger partial charge on any atom is 0.129 e. The molecule has 1 N–H and O–H groups in total. The molecule has 0 aliphatic carbocycles. The van der Waals surface area contributed by atoms with Crippen LogP contribution in [0.3, 0.4) is 0 Å². The zero-order chi connectivity index (χ0) is 14.7. The molecule has 1 saturated heterocycles. The van der Waals surface area contributed by atoms with Crippen LogP contribution in [-0.2, 0) is 11.2 Å². The zero-order valence-electron chi connectivity index (χ0n) is 12.9. The molecule has 0 radical (unpaired) electrons. The van der Waals surface area contributed by atoms with Crippen molar-refractivity contribution in [3.8, 4) is 0 Å². The molecule has 21 heavy (non-hydrogen) atoms. The summed E-state index contributed by atoms with van der Waals surface area (Å²) < 4.78 is 5.46. The van der Waals surface area contributed by atoms with Crippen molar-refractivity contribution >= 4 is 22.4 Å². The molecule has 0 bridgehead atoms. The minimum absolute atomic E-state index is 0.795. The average Bonchev–Trinajstić information content (AvgIpc) is 2.55. The van der Waals surface area contributed by atoms with Gasteiger partial charge in [-0.15, -0.1) is 0 Å². The molecular weight excluding hydrogens is 262 g/mol. The quantitative estimate of drug-likeness (QED) is 0.937. The number of anilines is 2. The van der Waals surface area contributed by atoms with Crippen molar-refractivity contribution in [2.45, 2.75) is 20.3 Å². The Morgan fingerprint density at radius 3 is 2.76 bits per heavy atom. The molecule has 0 saturated carbocycles. The van der Waals surface area contributed by atoms with Gasteiger partial charge in [0.05, 0.1) is 24.4 Å². The van der Waals surface area contributed by atoms with E-state index in [0.717, 1.165) is 50.6 Å². The summed E-state index contributed by atoms with van der Waals surface area (Å²) in [5.74, 6) is 1.02. The lowest BCUT2D eigenvalue weighted by Crippen LogP contribution is -2.36. The number of hydrogen-bond donors (Lipinski definition) is 1. The molecule has 0 amide bonds. The minimum Gasteiger partial charge on any atom is -0.378 e. The van der Waals surface area contributed by atoms with Crippen LogP contribution in [0.4, 0.5) is 11.5 Å². The zero-order valence-corrected chi connectivity index (χ0v) is 12.9. The Hall–Kier alpha value is -1.81. The summed E-state index contributed by atoms with van der Waals surface area (Å²) in [6.07, 6.45) is 0.993. The molecule has 1 aromatic heterocycles. The summed E-state index contributed by atoms with van der Waals surface area (Å²) in [7, 11) is 0. The molecule has 1 aliphatic heterocycles. The van der Waals surface area contributed by atoms with Crippen LogP contribution in [-0.4, -0.2) is 37.8 Å². The summed E-state index contributed by atoms with van der Waals surface area (Å²) >= 11 is 0. The molecule has 0 spiro atoms. The predicted molar refractivity (Wildman–Crippen MR) is 88.3 cm³/mol. The maximum atomic E-state index is 5.46. The number of fused-ring (bicyclic) bond motifs is 1. The van der Waals surface area contributed by atoms with Crippen LogP contribution in [0.1, 0.15) is 19.4 Å². The molecule has 4 heteroatoms. The molecule has 0 unspecified atom stereocenters. The normalized spacial score (nSPS) is 15.4. The van der Waals surface area contributed by atoms with Gasteiger partial charge in [0.15, 0.2) is 0 Å². The van der Waals surface area contributed by atoms with E-state index in [4.69, 9.17) is 9.72 Å². The van der Waals surface area contributed by atoms with Crippen molar-refractivity contribution < 1.29 is 4.74 Å². The number of benzene rings is 1. The second kappa shape index (κ2) is 6.31. The Balaban J connectivity index is 2.09. The highest BCUT2D eigenvalue weighted by Crippen LogP contribution is 2.29. The number of para-hydroxylation sites is 1. The Morgan fingerprint density at radius 2 is 2.05 bits per heavy atom. The lowest BCUT2D eigenvalue weighted by atomic mass is 10.1. The number of hydrogen-bond acceptors (Lipinski definition) is 4. The van der Waals surface area contributed by atoms with Gasteiger partial charge < -0.3 is 15.0 Å². The van der Waals surface area contributed by atoms with Crippen molar-refractivity contribution in [3.63, 3.8) is 0 Å². The van der Waals surface area contributed by atoms with Gasteiger partial charge in [0.1, 0.15) is 5.82 Å². The molecule has 1 aliphatic rings. The number of nitrogens with one attached hydrogen (secondary N) is 1. The molecule has 2 heterocycles. The van der Waals surface area contributed by atoms with Gasteiger partial charge in [0, 0.05) is 25.0 Å². The van der Waals surface area contributed by atoms with Crippen molar-refractivity contribution in [2.24, 2.45) is 0 Å². The van der Waals surface area contributed by atoms with E-state index in [0.29, 0.717) is 0 Å². The van der Waals surface area contributed by atoms with Crippen molar-refractivity contribution in [2.75, 3.05) is 43.1 Å². The molecule has 2 aromatic rings. The van der Waals surface area contributed by atoms with Gasteiger partial charge in [0.2, 0.25) is 0 Å². The second-order valence-electron chi connectivity index (χ2n) is 5.33. The topological polar surface area (TPSA) is 37.4 Å². The molecule has 1 aromatic carbocycles. The summed E-state index contributed by atoms with van der Waals surface area (Å²) in [6.45, 7) is 8.65. The Morgan fingerprint density at radius 1 is 1.24 bits per heavy atom. The first-order valence-corrected chi connectivity index (χ1v) is 7.82. The Kier molecular flexibility index (Phi) is 4.25. The first-order valence-electron chi connectivity index (χ1n) is 7.82. The van der Waals surface area contributed by atoms with Crippen LogP contribution in [0.15, 0.2) is 24.3 Å². The number of rotatable bonds is 4. The predicted octanol–water partition coefficient (Wildman–Crippen LogP) is 3.07. The van der Waals surface area contributed by atoms with Gasteiger partial charge in [-0.25, -0.2) is 4.98 Å². The van der Waals surface area contributed by atoms with Crippen LogP contribution in [0.2, 0.25) is 0 Å². The molecule has 1 fully saturated rings. The Bertz CT molecular complexity index is 621. The van der Waals surface area contributed by atoms with Crippen molar-refractivity contribution in [3.05, 3.63) is 29.8 Å². The molecular formula is C17H23N3O. The number of aryl methyl sites for hydroxylation is 1. The molecule has 0 atom stereocenters. The fourth-order valence-electron chi connectivity index (χ4n) is 2.88. The monoisotopic (exact) mass is 285 g/mol. The number of nitrogens with zero attached hydrogens (tertiary/aromatic N) is 2. The third-order valence-electron chi connectivity index (χ3n) is 3.98. The number of pyridine rings is 1. The van der Waals surface area contributed by atoms with Crippen LogP contribution >= 0.6 is 0 Å². The van der Waals surface area contributed by atoms with E-state index in [-0.39, 0.29) is 0 Å². The third kappa shape index (κ3) is 2.81. The summed E-state index contributed by atoms with van der Waals surface area (Å²) in [5.41, 5.74) is 3.59. The first-order chi connectivity index (χ1) is 10.3. The maximum absolute atomic E-state index is 5.46. The SMILES string of the molecule is CCNc1nc2c(N3CCOCC3)cccc2cc1CC. The van der Waals surface area contributed by atoms with E-state index < -0.39 is 0 Å². The second-order valence-corrected chi connectivity index (χ2v) is 5.33. The van der Waals surface area contributed by atoms with Gasteiger partial charge in [-0.2, -0.15) is 0 Å². The fourth-order valence-corrected chi connectivity index (χ4v) is 2.88. The van der Waals surface area contributed by atoms with Gasteiger partial charge in [0.25, 0.3) is 0 Å². The van der Waals surface area contributed by atoms with Gasteiger partial charge in [-0.3, -0.25) is 0 Å². The highest BCUT2D eigenvalue weighted by molar-refractivity contribution is 5.92. The smallest absolute Gasteiger partial charge is 0.129 e.